The van der Waals surface area contributed by atoms with Crippen LogP contribution in [0.25, 0.3) is 0 Å². The van der Waals surface area contributed by atoms with Gasteiger partial charge in [0, 0.05) is 12.7 Å². The second-order valence-corrected chi connectivity index (χ2v) is 7.68. The molecule has 0 bridgehead atoms. The first kappa shape index (κ1) is 19.4. The molecule has 8 heteroatoms. The molecule has 0 saturated carbocycles. The molecule has 0 spiro atoms. The molecule has 0 heterocycles. The smallest absolute Gasteiger partial charge is 0.264 e. The Morgan fingerprint density at radius 2 is 1.81 bits per heavy atom. The Morgan fingerprint density at radius 1 is 1.12 bits per heavy atom. The Labute approximate surface area is 153 Å². The highest BCUT2D eigenvalue weighted by atomic mass is 32.2. The molecular formula is C18H20N4O3S. The predicted molar refractivity (Wildman–Crippen MR) is 100 cm³/mol. The van der Waals surface area contributed by atoms with Crippen molar-refractivity contribution >= 4 is 27.3 Å². The molecule has 0 atom stereocenters. The van der Waals surface area contributed by atoms with E-state index in [1.54, 1.807) is 48.3 Å². The summed E-state index contributed by atoms with van der Waals surface area (Å²) in [6.07, 6.45) is 0. The summed E-state index contributed by atoms with van der Waals surface area (Å²) in [4.78, 5) is 13.6. The first-order valence-corrected chi connectivity index (χ1v) is 9.28. The molecule has 2 aromatic carbocycles. The SMILES string of the molecule is CN(CC#N)CC(=O)Nc1cccc(S(=O)(=O)N(C)c2ccccc2)c1. The minimum Gasteiger partial charge on any atom is -0.325 e. The summed E-state index contributed by atoms with van der Waals surface area (Å²) in [5.41, 5.74) is 0.919. The summed E-state index contributed by atoms with van der Waals surface area (Å²) in [6.45, 7) is 0.165. The van der Waals surface area contributed by atoms with Crippen LogP contribution in [0.15, 0.2) is 59.5 Å². The van der Waals surface area contributed by atoms with Crippen molar-refractivity contribution in [2.75, 3.05) is 36.8 Å². The van der Waals surface area contributed by atoms with Crippen molar-refractivity contribution in [2.45, 2.75) is 4.90 Å². The molecule has 26 heavy (non-hydrogen) atoms. The van der Waals surface area contributed by atoms with Gasteiger partial charge in [-0.2, -0.15) is 5.26 Å². The van der Waals surface area contributed by atoms with Crippen molar-refractivity contribution in [3.05, 3.63) is 54.6 Å². The lowest BCUT2D eigenvalue weighted by atomic mass is 10.3. The Morgan fingerprint density at radius 3 is 2.46 bits per heavy atom. The first-order valence-electron chi connectivity index (χ1n) is 7.84. The molecule has 2 rings (SSSR count). The topological polar surface area (TPSA) is 93.5 Å². The maximum Gasteiger partial charge on any atom is 0.264 e. The van der Waals surface area contributed by atoms with Gasteiger partial charge in [0.05, 0.1) is 29.7 Å². The Hall–Kier alpha value is -2.89. The molecule has 0 aliphatic heterocycles. The number of carbonyl (C=O) groups is 1. The van der Waals surface area contributed by atoms with Crippen molar-refractivity contribution in [1.82, 2.24) is 4.90 Å². The van der Waals surface area contributed by atoms with Gasteiger partial charge in [-0.15, -0.1) is 0 Å². The number of carbonyl (C=O) groups excluding carboxylic acids is 1. The van der Waals surface area contributed by atoms with Crippen LogP contribution in [0.5, 0.6) is 0 Å². The van der Waals surface area contributed by atoms with Gasteiger partial charge in [-0.25, -0.2) is 8.42 Å². The quantitative estimate of drug-likeness (QED) is 0.749. The van der Waals surface area contributed by atoms with Crippen LogP contribution >= 0.6 is 0 Å². The molecule has 0 aromatic heterocycles. The van der Waals surface area contributed by atoms with Gasteiger partial charge in [0.2, 0.25) is 5.91 Å². The second kappa shape index (κ2) is 8.47. The average Bonchev–Trinajstić information content (AvgIpc) is 2.62. The van der Waals surface area contributed by atoms with E-state index in [1.165, 1.54) is 23.5 Å². The minimum absolute atomic E-state index is 0.0362. The lowest BCUT2D eigenvalue weighted by molar-refractivity contribution is -0.116. The third-order valence-corrected chi connectivity index (χ3v) is 5.43. The number of nitriles is 1. The molecule has 0 fully saturated rings. The number of nitrogens with one attached hydrogen (secondary N) is 1. The van der Waals surface area contributed by atoms with Crippen LogP contribution in [0.1, 0.15) is 0 Å². The molecular weight excluding hydrogens is 352 g/mol. The zero-order chi connectivity index (χ0) is 19.2. The van der Waals surface area contributed by atoms with E-state index in [9.17, 15) is 13.2 Å². The van der Waals surface area contributed by atoms with E-state index in [2.05, 4.69) is 5.32 Å². The molecule has 0 aliphatic rings. The lowest BCUT2D eigenvalue weighted by Gasteiger charge is -2.20. The Balaban J connectivity index is 2.18. The molecule has 2 aromatic rings. The number of nitrogens with zero attached hydrogens (tertiary/aromatic N) is 3. The molecule has 0 aliphatic carbocycles. The highest BCUT2D eigenvalue weighted by Crippen LogP contribution is 2.23. The number of amides is 1. The van der Waals surface area contributed by atoms with Crippen LogP contribution in [-0.2, 0) is 14.8 Å². The van der Waals surface area contributed by atoms with Crippen molar-refractivity contribution < 1.29 is 13.2 Å². The summed E-state index contributed by atoms with van der Waals surface area (Å²) < 4.78 is 26.8. The summed E-state index contributed by atoms with van der Waals surface area (Å²) in [6, 6.07) is 16.8. The van der Waals surface area contributed by atoms with E-state index < -0.39 is 10.0 Å². The van der Waals surface area contributed by atoms with Crippen molar-refractivity contribution in [1.29, 1.82) is 5.26 Å². The molecule has 0 saturated heterocycles. The maximum atomic E-state index is 12.8. The standard InChI is InChI=1S/C18H20N4O3S/c1-21(12-11-19)14-18(23)20-15-7-6-10-17(13-15)26(24,25)22(2)16-8-4-3-5-9-16/h3-10,13H,12,14H2,1-2H3,(H,20,23). The van der Waals surface area contributed by atoms with Crippen LogP contribution in [0.3, 0.4) is 0 Å². The van der Waals surface area contributed by atoms with Gasteiger partial charge in [0.25, 0.3) is 10.0 Å². The van der Waals surface area contributed by atoms with E-state index in [0.717, 1.165) is 0 Å². The third kappa shape index (κ3) is 4.81. The Kier molecular flexibility index (Phi) is 6.33. The molecule has 136 valence electrons. The van der Waals surface area contributed by atoms with E-state index in [0.29, 0.717) is 11.4 Å². The number of para-hydroxylation sites is 1. The van der Waals surface area contributed by atoms with Gasteiger partial charge in [-0.05, 0) is 37.4 Å². The van der Waals surface area contributed by atoms with Crippen molar-refractivity contribution in [2.24, 2.45) is 0 Å². The molecule has 1 amide bonds. The van der Waals surface area contributed by atoms with Crippen molar-refractivity contribution in [3.63, 3.8) is 0 Å². The molecule has 1 N–H and O–H groups in total. The summed E-state index contributed by atoms with van der Waals surface area (Å²) in [5, 5.41) is 11.3. The van der Waals surface area contributed by atoms with Crippen LogP contribution in [0.2, 0.25) is 0 Å². The van der Waals surface area contributed by atoms with E-state index >= 15 is 0 Å². The number of benzene rings is 2. The number of hydrogen-bond donors (Lipinski definition) is 1. The van der Waals surface area contributed by atoms with Gasteiger partial charge in [0.15, 0.2) is 0 Å². The highest BCUT2D eigenvalue weighted by molar-refractivity contribution is 7.92. The number of likely N-dealkylation sites (N-methyl/N-ethyl adjacent to an activating group) is 1. The normalized spacial score (nSPS) is 11.0. The summed E-state index contributed by atoms with van der Waals surface area (Å²) >= 11 is 0. The molecule has 0 unspecified atom stereocenters. The van der Waals surface area contributed by atoms with E-state index in [4.69, 9.17) is 5.26 Å². The minimum atomic E-state index is -3.75. The van der Waals surface area contributed by atoms with Crippen LogP contribution in [0, 0.1) is 11.3 Å². The summed E-state index contributed by atoms with van der Waals surface area (Å²) in [5.74, 6) is -0.325. The summed E-state index contributed by atoms with van der Waals surface area (Å²) in [7, 11) is -0.623. The maximum absolute atomic E-state index is 12.8. The van der Waals surface area contributed by atoms with E-state index in [-0.39, 0.29) is 23.9 Å². The Bertz CT molecular complexity index is 908. The fourth-order valence-corrected chi connectivity index (χ4v) is 3.53. The van der Waals surface area contributed by atoms with Crippen LogP contribution in [0.4, 0.5) is 11.4 Å². The zero-order valence-corrected chi connectivity index (χ0v) is 15.4. The van der Waals surface area contributed by atoms with Crippen molar-refractivity contribution in [3.8, 4) is 6.07 Å². The zero-order valence-electron chi connectivity index (χ0n) is 14.6. The van der Waals surface area contributed by atoms with Crippen LogP contribution < -0.4 is 9.62 Å². The van der Waals surface area contributed by atoms with Gasteiger partial charge in [0.1, 0.15) is 0 Å². The molecule has 0 radical (unpaired) electrons. The number of anilines is 2. The van der Waals surface area contributed by atoms with Gasteiger partial charge in [-0.3, -0.25) is 14.0 Å². The monoisotopic (exact) mass is 372 g/mol. The second-order valence-electron chi connectivity index (χ2n) is 5.71. The fraction of sp³-hybridized carbons (Fsp3) is 0.222. The highest BCUT2D eigenvalue weighted by Gasteiger charge is 2.21. The predicted octanol–water partition coefficient (Wildman–Crippen LogP) is 1.91. The van der Waals surface area contributed by atoms with Gasteiger partial charge in [-0.1, -0.05) is 24.3 Å². The lowest BCUT2D eigenvalue weighted by Crippen LogP contribution is -2.30. The number of sulfonamides is 1. The first-order chi connectivity index (χ1) is 12.3. The largest absolute Gasteiger partial charge is 0.325 e. The number of rotatable bonds is 7. The molecule has 7 nitrogen and oxygen atoms in total. The third-order valence-electron chi connectivity index (χ3n) is 3.65. The number of hydrogen-bond acceptors (Lipinski definition) is 5. The van der Waals surface area contributed by atoms with Gasteiger partial charge >= 0.3 is 0 Å². The average molecular weight is 372 g/mol. The van der Waals surface area contributed by atoms with E-state index in [1.807, 2.05) is 12.1 Å². The fourth-order valence-electron chi connectivity index (χ4n) is 2.29. The van der Waals surface area contributed by atoms with Gasteiger partial charge < -0.3 is 5.32 Å². The van der Waals surface area contributed by atoms with Crippen LogP contribution in [-0.4, -0.2) is 46.4 Å².